The number of aromatic nitrogens is 4. The van der Waals surface area contributed by atoms with Gasteiger partial charge in [-0.3, -0.25) is 0 Å². The molecule has 102 valence electrons. The summed E-state index contributed by atoms with van der Waals surface area (Å²) in [6.45, 7) is 7.68. The van der Waals surface area contributed by atoms with Gasteiger partial charge in [0.05, 0.1) is 12.5 Å². The number of nitrogens with zero attached hydrogens (tertiary/aromatic N) is 4. The summed E-state index contributed by atoms with van der Waals surface area (Å²) >= 11 is 0. The van der Waals surface area contributed by atoms with Crippen molar-refractivity contribution in [1.82, 2.24) is 20.1 Å². The molecule has 6 heteroatoms. The van der Waals surface area contributed by atoms with Gasteiger partial charge in [0.15, 0.2) is 0 Å². The van der Waals surface area contributed by atoms with Crippen molar-refractivity contribution >= 4 is 0 Å². The molecule has 0 amide bonds. The van der Waals surface area contributed by atoms with E-state index < -0.39 is 6.10 Å². The van der Waals surface area contributed by atoms with E-state index >= 15 is 0 Å². The minimum Gasteiger partial charge on any atom is -0.392 e. The van der Waals surface area contributed by atoms with Crippen molar-refractivity contribution in [3.63, 3.8) is 0 Å². The van der Waals surface area contributed by atoms with Crippen LogP contribution in [0.1, 0.15) is 32.5 Å². The summed E-state index contributed by atoms with van der Waals surface area (Å²) in [6.07, 6.45) is 1.45. The zero-order chi connectivity index (χ0) is 14.0. The maximum absolute atomic E-state index is 10.0. The normalized spacial score (nSPS) is 13.5. The Bertz CT molecular complexity index is 560. The maximum atomic E-state index is 10.0. The fourth-order valence-corrected chi connectivity index (χ4v) is 1.49. The molecule has 0 saturated carbocycles. The summed E-state index contributed by atoms with van der Waals surface area (Å²) in [6, 6.07) is 1.72. The molecule has 1 N–H and O–H groups in total. The van der Waals surface area contributed by atoms with E-state index in [4.69, 9.17) is 4.52 Å². The molecule has 0 radical (unpaired) electrons. The molecule has 1 atom stereocenters. The largest absolute Gasteiger partial charge is 0.392 e. The van der Waals surface area contributed by atoms with Gasteiger partial charge in [0.2, 0.25) is 11.7 Å². The summed E-state index contributed by atoms with van der Waals surface area (Å²) < 4.78 is 5.14. The average Bonchev–Trinajstić information content (AvgIpc) is 2.76. The van der Waals surface area contributed by atoms with E-state index in [2.05, 4.69) is 20.1 Å². The average molecular weight is 262 g/mol. The van der Waals surface area contributed by atoms with Crippen LogP contribution in [0.5, 0.6) is 0 Å². The smallest absolute Gasteiger partial charge is 0.229 e. The van der Waals surface area contributed by atoms with E-state index in [9.17, 15) is 5.11 Å². The Morgan fingerprint density at radius 1 is 1.32 bits per heavy atom. The first-order chi connectivity index (χ1) is 8.86. The minimum atomic E-state index is -0.534. The highest BCUT2D eigenvalue weighted by molar-refractivity contribution is 5.46. The molecule has 2 rings (SSSR count). The molecule has 19 heavy (non-hydrogen) atoms. The number of hydrogen-bond acceptors (Lipinski definition) is 6. The Balaban J connectivity index is 2.16. The molecular formula is C13H18N4O2. The molecule has 2 aromatic heterocycles. The van der Waals surface area contributed by atoms with Gasteiger partial charge in [0.25, 0.3) is 0 Å². The van der Waals surface area contributed by atoms with Crippen molar-refractivity contribution < 1.29 is 9.63 Å². The highest BCUT2D eigenvalue weighted by atomic mass is 16.5. The third kappa shape index (κ3) is 3.35. The van der Waals surface area contributed by atoms with Crippen LogP contribution in [0.15, 0.2) is 16.8 Å². The first kappa shape index (κ1) is 13.6. The van der Waals surface area contributed by atoms with Crippen molar-refractivity contribution in [3.8, 4) is 11.5 Å². The molecule has 0 saturated heterocycles. The predicted octanol–water partition coefficient (Wildman–Crippen LogP) is 1.78. The monoisotopic (exact) mass is 262 g/mol. The second-order valence-electron chi connectivity index (χ2n) is 5.59. The number of aliphatic hydroxyl groups is 1. The summed E-state index contributed by atoms with van der Waals surface area (Å²) in [7, 11) is 0. The molecule has 0 spiro atoms. The molecule has 1 unspecified atom stereocenters. The van der Waals surface area contributed by atoms with E-state index in [1.165, 1.54) is 0 Å². The first-order valence-corrected chi connectivity index (χ1v) is 6.17. The molecule has 0 aliphatic heterocycles. The van der Waals surface area contributed by atoms with Crippen molar-refractivity contribution in [1.29, 1.82) is 0 Å². The van der Waals surface area contributed by atoms with Gasteiger partial charge in [-0.2, -0.15) is 4.98 Å². The predicted molar refractivity (Wildman–Crippen MR) is 69.2 cm³/mol. The molecule has 0 fully saturated rings. The van der Waals surface area contributed by atoms with Gasteiger partial charge in [-0.25, -0.2) is 9.97 Å². The molecule has 0 aliphatic rings. The number of rotatable bonds is 3. The third-order valence-corrected chi connectivity index (χ3v) is 2.84. The number of hydrogen-bond donors (Lipinski definition) is 1. The lowest BCUT2D eigenvalue weighted by Crippen LogP contribution is -2.28. The van der Waals surface area contributed by atoms with Crippen LogP contribution in [0.25, 0.3) is 11.5 Å². The van der Waals surface area contributed by atoms with Gasteiger partial charge in [-0.05, 0) is 18.4 Å². The number of aryl methyl sites for hydroxylation is 1. The van der Waals surface area contributed by atoms with Crippen LogP contribution < -0.4 is 0 Å². The van der Waals surface area contributed by atoms with Crippen molar-refractivity contribution in [2.24, 2.45) is 5.41 Å². The maximum Gasteiger partial charge on any atom is 0.229 e. The Labute approximate surface area is 111 Å². The van der Waals surface area contributed by atoms with Crippen LogP contribution in [0.3, 0.4) is 0 Å². The quantitative estimate of drug-likeness (QED) is 0.907. The summed E-state index contributed by atoms with van der Waals surface area (Å²) in [5.74, 6) is 1.48. The van der Waals surface area contributed by atoms with Gasteiger partial charge in [0, 0.05) is 6.20 Å². The Kier molecular flexibility index (Phi) is 3.61. The number of aliphatic hydroxyl groups excluding tert-OH is 1. The lowest BCUT2D eigenvalue weighted by Gasteiger charge is -2.24. The zero-order valence-electron chi connectivity index (χ0n) is 11.6. The first-order valence-electron chi connectivity index (χ1n) is 6.17. The van der Waals surface area contributed by atoms with Crippen LogP contribution in [0.2, 0.25) is 0 Å². The van der Waals surface area contributed by atoms with E-state index in [0.717, 1.165) is 0 Å². The zero-order valence-corrected chi connectivity index (χ0v) is 11.6. The summed E-state index contributed by atoms with van der Waals surface area (Å²) in [5.41, 5.74) is 0.396. The molecule has 6 nitrogen and oxygen atoms in total. The van der Waals surface area contributed by atoms with Crippen LogP contribution in [-0.4, -0.2) is 31.3 Å². The van der Waals surface area contributed by atoms with E-state index in [-0.39, 0.29) is 5.41 Å². The molecule has 0 aliphatic carbocycles. The lowest BCUT2D eigenvalue weighted by atomic mass is 9.87. The van der Waals surface area contributed by atoms with E-state index in [1.54, 1.807) is 19.2 Å². The lowest BCUT2D eigenvalue weighted by molar-refractivity contribution is 0.0565. The van der Waals surface area contributed by atoms with Gasteiger partial charge in [-0.15, -0.1) is 0 Å². The molecule has 0 bridgehead atoms. The molecule has 0 aromatic carbocycles. The molecule has 2 aromatic rings. The van der Waals surface area contributed by atoms with Gasteiger partial charge < -0.3 is 9.63 Å². The fraction of sp³-hybridized carbons (Fsp3) is 0.538. The fourth-order valence-electron chi connectivity index (χ4n) is 1.49. The second kappa shape index (κ2) is 5.05. The van der Waals surface area contributed by atoms with Crippen LogP contribution in [0, 0.1) is 12.3 Å². The Morgan fingerprint density at radius 3 is 2.68 bits per heavy atom. The van der Waals surface area contributed by atoms with Crippen molar-refractivity contribution in [2.45, 2.75) is 40.2 Å². The van der Waals surface area contributed by atoms with Crippen LogP contribution >= 0.6 is 0 Å². The van der Waals surface area contributed by atoms with E-state index in [1.807, 2.05) is 20.8 Å². The van der Waals surface area contributed by atoms with Crippen LogP contribution in [-0.2, 0) is 6.42 Å². The van der Waals surface area contributed by atoms with Crippen LogP contribution in [0.4, 0.5) is 0 Å². The second-order valence-corrected chi connectivity index (χ2v) is 5.59. The van der Waals surface area contributed by atoms with Crippen molar-refractivity contribution in [3.05, 3.63) is 24.0 Å². The molecule has 2 heterocycles. The Morgan fingerprint density at radius 2 is 2.05 bits per heavy atom. The van der Waals surface area contributed by atoms with Gasteiger partial charge in [-0.1, -0.05) is 25.9 Å². The Hall–Kier alpha value is -1.82. The molecular weight excluding hydrogens is 244 g/mol. The highest BCUT2D eigenvalue weighted by Gasteiger charge is 2.25. The van der Waals surface area contributed by atoms with Crippen molar-refractivity contribution in [2.75, 3.05) is 0 Å². The van der Waals surface area contributed by atoms with Gasteiger partial charge in [0.1, 0.15) is 11.5 Å². The SMILES string of the molecule is Cc1nccc(-c2noc(CC(O)C(C)(C)C)n2)n1. The topological polar surface area (TPSA) is 84.9 Å². The standard InChI is InChI=1S/C13H18N4O2/c1-8-14-6-5-9(15-8)12-16-11(19-17-12)7-10(18)13(2,3)4/h5-6,10,18H,7H2,1-4H3. The summed E-state index contributed by atoms with van der Waals surface area (Å²) in [4.78, 5) is 12.5. The van der Waals surface area contributed by atoms with Gasteiger partial charge >= 0.3 is 0 Å². The third-order valence-electron chi connectivity index (χ3n) is 2.84. The summed E-state index contributed by atoms with van der Waals surface area (Å²) in [5, 5.41) is 13.9. The van der Waals surface area contributed by atoms with E-state index in [0.29, 0.717) is 29.7 Å². The minimum absolute atomic E-state index is 0.222. The highest BCUT2D eigenvalue weighted by Crippen LogP contribution is 2.22.